The number of nitrogens with zero attached hydrogens (tertiary/aromatic N) is 4. The van der Waals surface area contributed by atoms with E-state index in [9.17, 15) is 9.59 Å². The number of amides is 2. The highest BCUT2D eigenvalue weighted by Gasteiger charge is 2.40. The summed E-state index contributed by atoms with van der Waals surface area (Å²) in [7, 11) is 0. The molecule has 0 fully saturated rings. The van der Waals surface area contributed by atoms with Crippen molar-refractivity contribution in [2.45, 2.75) is 20.8 Å². The molecule has 0 spiro atoms. The van der Waals surface area contributed by atoms with E-state index in [4.69, 9.17) is 23.2 Å². The largest absolute Gasteiger partial charge is 0.268 e. The van der Waals surface area contributed by atoms with Crippen LogP contribution in [-0.4, -0.2) is 26.6 Å². The molecule has 0 saturated heterocycles. The predicted octanol–water partition coefficient (Wildman–Crippen LogP) is 5.45. The number of halogens is 2. The van der Waals surface area contributed by atoms with Crippen molar-refractivity contribution in [1.29, 1.82) is 0 Å². The molecular weight excluding hydrogens is 435 g/mol. The van der Waals surface area contributed by atoms with E-state index in [0.29, 0.717) is 21.7 Å². The highest BCUT2D eigenvalue weighted by molar-refractivity contribution is 6.42. The summed E-state index contributed by atoms with van der Waals surface area (Å²) in [6.07, 6.45) is 1.43. The topological polar surface area (TPSA) is 68.1 Å². The fourth-order valence-electron chi connectivity index (χ4n) is 3.88. The van der Waals surface area contributed by atoms with E-state index in [1.807, 2.05) is 32.0 Å². The van der Waals surface area contributed by atoms with Crippen molar-refractivity contribution in [3.05, 3.63) is 80.6 Å². The Kier molecular flexibility index (Phi) is 4.39. The number of rotatable bonds is 2. The quantitative estimate of drug-likeness (QED) is 0.380. The Hall–Kier alpha value is -3.22. The van der Waals surface area contributed by atoms with E-state index in [1.54, 1.807) is 23.7 Å². The molecule has 31 heavy (non-hydrogen) atoms. The molecule has 6 nitrogen and oxygen atoms in total. The Morgan fingerprint density at radius 1 is 0.903 bits per heavy atom. The lowest BCUT2D eigenvalue weighted by atomic mass is 10.1. The van der Waals surface area contributed by atoms with Gasteiger partial charge < -0.3 is 0 Å². The number of fused-ring (bicyclic) bond motifs is 3. The van der Waals surface area contributed by atoms with Crippen molar-refractivity contribution >= 4 is 51.7 Å². The zero-order valence-electron chi connectivity index (χ0n) is 16.9. The maximum absolute atomic E-state index is 13.4. The lowest BCUT2D eigenvalue weighted by Gasteiger charge is -2.15. The highest BCUT2D eigenvalue weighted by Crippen LogP contribution is 2.38. The van der Waals surface area contributed by atoms with Crippen LogP contribution < -0.4 is 4.90 Å². The molecule has 1 aliphatic heterocycles. The van der Waals surface area contributed by atoms with E-state index in [-0.39, 0.29) is 21.8 Å². The number of aromatic nitrogens is 3. The van der Waals surface area contributed by atoms with Crippen molar-refractivity contribution in [2.75, 3.05) is 4.90 Å². The predicted molar refractivity (Wildman–Crippen MR) is 121 cm³/mol. The number of aryl methyl sites for hydroxylation is 3. The van der Waals surface area contributed by atoms with Crippen LogP contribution in [0.3, 0.4) is 0 Å². The number of pyridine rings is 1. The van der Waals surface area contributed by atoms with Crippen LogP contribution in [0.15, 0.2) is 42.6 Å². The summed E-state index contributed by atoms with van der Waals surface area (Å²) >= 11 is 12.3. The standard InChI is InChI=1S/C23H16Cl2N4O2/c1-11-4-6-15(8-12(11)2)29-21-19(13(3)27-29)20-16(10-26-21)22(30)28(23(20)31)18-7-5-14(24)9-17(18)25/h4-10H,1-3H3. The highest BCUT2D eigenvalue weighted by atomic mass is 35.5. The van der Waals surface area contributed by atoms with Gasteiger partial charge in [-0.25, -0.2) is 14.6 Å². The summed E-state index contributed by atoms with van der Waals surface area (Å²) in [5, 5.41) is 5.81. The molecule has 0 aliphatic carbocycles. The van der Waals surface area contributed by atoms with Gasteiger partial charge >= 0.3 is 0 Å². The monoisotopic (exact) mass is 450 g/mol. The fourth-order valence-corrected chi connectivity index (χ4v) is 4.37. The Labute approximate surface area is 188 Å². The number of imide groups is 1. The molecular formula is C23H16Cl2N4O2. The van der Waals surface area contributed by atoms with Crippen LogP contribution in [-0.2, 0) is 0 Å². The molecule has 5 rings (SSSR count). The first-order valence-electron chi connectivity index (χ1n) is 9.57. The zero-order valence-corrected chi connectivity index (χ0v) is 18.4. The average molecular weight is 451 g/mol. The number of hydrogen-bond acceptors (Lipinski definition) is 4. The number of hydrogen-bond donors (Lipinski definition) is 0. The van der Waals surface area contributed by atoms with Crippen LogP contribution >= 0.6 is 23.2 Å². The maximum atomic E-state index is 13.4. The normalized spacial score (nSPS) is 13.4. The van der Waals surface area contributed by atoms with Crippen LogP contribution in [0.5, 0.6) is 0 Å². The summed E-state index contributed by atoms with van der Waals surface area (Å²) in [6, 6.07) is 10.6. The van der Waals surface area contributed by atoms with Crippen molar-refractivity contribution in [3.8, 4) is 5.69 Å². The van der Waals surface area contributed by atoms with Gasteiger partial charge in [0.2, 0.25) is 0 Å². The molecule has 8 heteroatoms. The van der Waals surface area contributed by atoms with Gasteiger partial charge in [0.05, 0.1) is 38.6 Å². The molecule has 2 amide bonds. The number of anilines is 1. The van der Waals surface area contributed by atoms with Gasteiger partial charge in [0.25, 0.3) is 11.8 Å². The molecule has 0 saturated carbocycles. The summed E-state index contributed by atoms with van der Waals surface area (Å²) in [5.41, 5.74) is 5.05. The molecule has 3 heterocycles. The van der Waals surface area contributed by atoms with E-state index < -0.39 is 11.8 Å². The zero-order chi connectivity index (χ0) is 22.0. The molecule has 0 bridgehead atoms. The molecule has 2 aromatic carbocycles. The van der Waals surface area contributed by atoms with E-state index in [0.717, 1.165) is 16.2 Å². The summed E-state index contributed by atoms with van der Waals surface area (Å²) in [4.78, 5) is 32.1. The van der Waals surface area contributed by atoms with Gasteiger partial charge in [-0.15, -0.1) is 0 Å². The Morgan fingerprint density at radius 2 is 1.68 bits per heavy atom. The first-order chi connectivity index (χ1) is 14.8. The molecule has 1 aliphatic rings. The SMILES string of the molecule is Cc1ccc(-n2nc(C)c3c4c(cnc32)C(=O)N(c2ccc(Cl)cc2Cl)C4=O)cc1C. The lowest BCUT2D eigenvalue weighted by Crippen LogP contribution is -2.29. The van der Waals surface area contributed by atoms with Gasteiger partial charge in [0, 0.05) is 11.2 Å². The third kappa shape index (κ3) is 2.86. The van der Waals surface area contributed by atoms with Gasteiger partial charge in [-0.05, 0) is 62.2 Å². The number of carbonyl (C=O) groups is 2. The smallest absolute Gasteiger partial charge is 0.267 e. The fraction of sp³-hybridized carbons (Fsp3) is 0.130. The van der Waals surface area contributed by atoms with Crippen LogP contribution in [0.4, 0.5) is 5.69 Å². The first-order valence-corrected chi connectivity index (χ1v) is 10.3. The molecule has 0 N–H and O–H groups in total. The second-order valence-electron chi connectivity index (χ2n) is 7.55. The van der Waals surface area contributed by atoms with E-state index in [2.05, 4.69) is 10.1 Å². The van der Waals surface area contributed by atoms with Gasteiger partial charge in [-0.2, -0.15) is 5.10 Å². The van der Waals surface area contributed by atoms with Crippen molar-refractivity contribution in [2.24, 2.45) is 0 Å². The summed E-state index contributed by atoms with van der Waals surface area (Å²) in [6.45, 7) is 5.87. The minimum atomic E-state index is -0.475. The van der Waals surface area contributed by atoms with Crippen LogP contribution in [0.1, 0.15) is 37.5 Å². The second-order valence-corrected chi connectivity index (χ2v) is 8.40. The van der Waals surface area contributed by atoms with Gasteiger partial charge in [-0.1, -0.05) is 29.3 Å². The van der Waals surface area contributed by atoms with Crippen LogP contribution in [0, 0.1) is 20.8 Å². The van der Waals surface area contributed by atoms with Gasteiger partial charge in [0.15, 0.2) is 5.65 Å². The third-order valence-electron chi connectivity index (χ3n) is 5.61. The number of carbonyl (C=O) groups excluding carboxylic acids is 2. The molecule has 154 valence electrons. The minimum Gasteiger partial charge on any atom is -0.268 e. The maximum Gasteiger partial charge on any atom is 0.267 e. The molecule has 4 aromatic rings. The summed E-state index contributed by atoms with van der Waals surface area (Å²) in [5.74, 6) is -0.934. The number of benzene rings is 2. The molecule has 0 radical (unpaired) electrons. The summed E-state index contributed by atoms with van der Waals surface area (Å²) < 4.78 is 1.70. The van der Waals surface area contributed by atoms with E-state index in [1.165, 1.54) is 17.8 Å². The van der Waals surface area contributed by atoms with E-state index >= 15 is 0 Å². The van der Waals surface area contributed by atoms with Gasteiger partial charge in [-0.3, -0.25) is 9.59 Å². The van der Waals surface area contributed by atoms with Crippen molar-refractivity contribution < 1.29 is 9.59 Å². The average Bonchev–Trinajstić information content (AvgIpc) is 3.19. The molecule has 0 unspecified atom stereocenters. The molecule has 2 aromatic heterocycles. The van der Waals surface area contributed by atoms with Crippen LogP contribution in [0.2, 0.25) is 10.0 Å². The third-order valence-corrected chi connectivity index (χ3v) is 6.15. The Morgan fingerprint density at radius 3 is 2.39 bits per heavy atom. The van der Waals surface area contributed by atoms with Crippen molar-refractivity contribution in [1.82, 2.24) is 14.8 Å². The first kappa shape index (κ1) is 19.7. The lowest BCUT2D eigenvalue weighted by molar-refractivity contribution is 0.0926. The molecule has 0 atom stereocenters. The van der Waals surface area contributed by atoms with Crippen LogP contribution in [0.25, 0.3) is 16.7 Å². The minimum absolute atomic E-state index is 0.216. The van der Waals surface area contributed by atoms with Crippen molar-refractivity contribution in [3.63, 3.8) is 0 Å². The van der Waals surface area contributed by atoms with Gasteiger partial charge in [0.1, 0.15) is 0 Å². The Bertz CT molecular complexity index is 1440. The second kappa shape index (κ2) is 6.90. The Balaban J connectivity index is 1.71.